The van der Waals surface area contributed by atoms with Gasteiger partial charge in [0.15, 0.2) is 0 Å². The first-order chi connectivity index (χ1) is 9.28. The van der Waals surface area contributed by atoms with Gasteiger partial charge >= 0.3 is 6.61 Å². The van der Waals surface area contributed by atoms with E-state index in [0.29, 0.717) is 23.6 Å². The molecule has 20 heavy (non-hydrogen) atoms. The Hall–Kier alpha value is -0.960. The first kappa shape index (κ1) is 17.1. The van der Waals surface area contributed by atoms with E-state index in [0.717, 1.165) is 0 Å². The zero-order chi connectivity index (χ0) is 15.2. The molecule has 1 aromatic rings. The molecule has 0 atom stereocenters. The lowest BCUT2D eigenvalue weighted by Gasteiger charge is -2.12. The minimum atomic E-state index is -3.48. The molecule has 1 rings (SSSR count). The van der Waals surface area contributed by atoms with Crippen molar-refractivity contribution in [1.29, 1.82) is 0 Å². The number of halogens is 3. The molecule has 3 N–H and O–H groups in total. The number of hydrogen-bond acceptors (Lipinski definition) is 4. The fourth-order valence-corrected chi connectivity index (χ4v) is 2.26. The van der Waals surface area contributed by atoms with E-state index in [9.17, 15) is 17.2 Å². The summed E-state index contributed by atoms with van der Waals surface area (Å²) in [5, 5.41) is 8.16. The van der Waals surface area contributed by atoms with E-state index in [4.69, 9.17) is 16.7 Å². The first-order valence-electron chi connectivity index (χ1n) is 5.72. The zero-order valence-electron chi connectivity index (χ0n) is 10.5. The molecule has 114 valence electrons. The Bertz CT molecular complexity index is 540. The third-order valence-corrected chi connectivity index (χ3v) is 3.43. The first-order valence-corrected chi connectivity index (χ1v) is 7.82. The predicted molar refractivity (Wildman–Crippen MR) is 72.4 cm³/mol. The molecule has 9 heteroatoms. The van der Waals surface area contributed by atoms with Crippen LogP contribution < -0.4 is 15.2 Å². The number of nitrogens with one attached hydrogen (secondary N) is 1. The Morgan fingerprint density at radius 3 is 2.70 bits per heavy atom. The standard InChI is InChI=1S/C11H15ClF2N2O3S/c12-9-2-3-10(19-11(13)14)8(6-9)7-16-4-1-5-20(15,17)18/h2-3,6,11,16H,1,4-5,7H2,(H2,15,17,18). The van der Waals surface area contributed by atoms with E-state index in [1.165, 1.54) is 18.2 Å². The van der Waals surface area contributed by atoms with Crippen LogP contribution in [0, 0.1) is 0 Å². The lowest BCUT2D eigenvalue weighted by Crippen LogP contribution is -2.22. The van der Waals surface area contributed by atoms with Crippen LogP contribution >= 0.6 is 11.6 Å². The van der Waals surface area contributed by atoms with Gasteiger partial charge in [-0.05, 0) is 31.2 Å². The van der Waals surface area contributed by atoms with E-state index >= 15 is 0 Å². The third-order valence-electron chi connectivity index (χ3n) is 2.34. The molecule has 0 amide bonds. The monoisotopic (exact) mass is 328 g/mol. The van der Waals surface area contributed by atoms with E-state index in [-0.39, 0.29) is 18.0 Å². The van der Waals surface area contributed by atoms with Crippen LogP contribution in [-0.2, 0) is 16.6 Å². The molecule has 0 aliphatic heterocycles. The fraction of sp³-hybridized carbons (Fsp3) is 0.455. The van der Waals surface area contributed by atoms with Gasteiger partial charge in [0.05, 0.1) is 5.75 Å². The Morgan fingerprint density at radius 1 is 1.40 bits per heavy atom. The molecule has 0 spiro atoms. The lowest BCUT2D eigenvalue weighted by atomic mass is 10.2. The molecule has 5 nitrogen and oxygen atoms in total. The van der Waals surface area contributed by atoms with Crippen LogP contribution in [-0.4, -0.2) is 27.3 Å². The van der Waals surface area contributed by atoms with Gasteiger partial charge in [-0.25, -0.2) is 13.6 Å². The number of alkyl halides is 2. The largest absolute Gasteiger partial charge is 0.434 e. The Morgan fingerprint density at radius 2 is 2.10 bits per heavy atom. The summed E-state index contributed by atoms with van der Waals surface area (Å²) in [7, 11) is -3.48. The highest BCUT2D eigenvalue weighted by Gasteiger charge is 2.10. The Kier molecular flexibility index (Phi) is 6.60. The fourth-order valence-electron chi connectivity index (χ4n) is 1.52. The molecule has 0 saturated heterocycles. The summed E-state index contributed by atoms with van der Waals surface area (Å²) in [6.07, 6.45) is 0.324. The van der Waals surface area contributed by atoms with Gasteiger partial charge in [-0.1, -0.05) is 11.6 Å². The zero-order valence-corrected chi connectivity index (χ0v) is 12.1. The normalized spacial score (nSPS) is 11.8. The quantitative estimate of drug-likeness (QED) is 0.712. The van der Waals surface area contributed by atoms with Crippen LogP contribution in [0.1, 0.15) is 12.0 Å². The van der Waals surface area contributed by atoms with Gasteiger partial charge in [0.2, 0.25) is 10.0 Å². The van der Waals surface area contributed by atoms with Crippen molar-refractivity contribution in [2.75, 3.05) is 12.3 Å². The van der Waals surface area contributed by atoms with Crippen molar-refractivity contribution in [2.45, 2.75) is 19.6 Å². The minimum absolute atomic E-state index is 0.0309. The maximum Gasteiger partial charge on any atom is 0.387 e. The molecule has 0 bridgehead atoms. The molecule has 0 fully saturated rings. The van der Waals surface area contributed by atoms with E-state index < -0.39 is 16.6 Å². The highest BCUT2D eigenvalue weighted by atomic mass is 35.5. The van der Waals surface area contributed by atoms with Crippen molar-refractivity contribution in [1.82, 2.24) is 5.32 Å². The summed E-state index contributed by atoms with van der Waals surface area (Å²) >= 11 is 5.79. The van der Waals surface area contributed by atoms with E-state index in [1.807, 2.05) is 0 Å². The van der Waals surface area contributed by atoms with Crippen molar-refractivity contribution in [3.8, 4) is 5.75 Å². The highest BCUT2D eigenvalue weighted by Crippen LogP contribution is 2.24. The van der Waals surface area contributed by atoms with Crippen molar-refractivity contribution in [2.24, 2.45) is 5.14 Å². The number of nitrogens with two attached hydrogens (primary N) is 1. The van der Waals surface area contributed by atoms with Crippen molar-refractivity contribution in [3.63, 3.8) is 0 Å². The molecule has 0 radical (unpaired) electrons. The van der Waals surface area contributed by atoms with Crippen LogP contribution in [0.4, 0.5) is 8.78 Å². The number of sulfonamides is 1. The maximum absolute atomic E-state index is 12.2. The van der Waals surface area contributed by atoms with Gasteiger partial charge in [0.1, 0.15) is 5.75 Å². The van der Waals surface area contributed by atoms with Gasteiger partial charge in [-0.3, -0.25) is 0 Å². The van der Waals surface area contributed by atoms with Gasteiger partial charge < -0.3 is 10.1 Å². The molecule has 0 unspecified atom stereocenters. The van der Waals surface area contributed by atoms with Crippen LogP contribution in [0.25, 0.3) is 0 Å². The van der Waals surface area contributed by atoms with Gasteiger partial charge in [-0.2, -0.15) is 8.78 Å². The second-order valence-corrected chi connectivity index (χ2v) is 6.20. The van der Waals surface area contributed by atoms with Crippen LogP contribution in [0.3, 0.4) is 0 Å². The molecular formula is C11H15ClF2N2O3S. The SMILES string of the molecule is NS(=O)(=O)CCCNCc1cc(Cl)ccc1OC(F)F. The molecule has 0 aromatic heterocycles. The van der Waals surface area contributed by atoms with E-state index in [1.54, 1.807) is 0 Å². The second-order valence-electron chi connectivity index (χ2n) is 4.03. The summed E-state index contributed by atoms with van der Waals surface area (Å²) in [5.74, 6) is -0.112. The van der Waals surface area contributed by atoms with Crippen molar-refractivity contribution >= 4 is 21.6 Å². The van der Waals surface area contributed by atoms with Crippen LogP contribution in [0.15, 0.2) is 18.2 Å². The van der Waals surface area contributed by atoms with Gasteiger partial charge in [0.25, 0.3) is 0 Å². The van der Waals surface area contributed by atoms with Crippen molar-refractivity contribution < 1.29 is 21.9 Å². The number of rotatable bonds is 8. The van der Waals surface area contributed by atoms with Crippen LogP contribution in [0.5, 0.6) is 5.75 Å². The number of benzene rings is 1. The van der Waals surface area contributed by atoms with E-state index in [2.05, 4.69) is 10.1 Å². The molecule has 0 heterocycles. The molecule has 0 saturated carbocycles. The van der Waals surface area contributed by atoms with Gasteiger partial charge in [-0.15, -0.1) is 0 Å². The molecule has 1 aromatic carbocycles. The predicted octanol–water partition coefficient (Wildman–Crippen LogP) is 1.71. The highest BCUT2D eigenvalue weighted by molar-refractivity contribution is 7.89. The minimum Gasteiger partial charge on any atom is -0.434 e. The molecule has 0 aliphatic rings. The lowest BCUT2D eigenvalue weighted by molar-refractivity contribution is -0.0504. The summed E-state index contributed by atoms with van der Waals surface area (Å²) in [4.78, 5) is 0. The summed E-state index contributed by atoms with van der Waals surface area (Å²) in [6.45, 7) is -2.32. The average Bonchev–Trinajstić information content (AvgIpc) is 2.30. The number of ether oxygens (including phenoxy) is 1. The van der Waals surface area contributed by atoms with Gasteiger partial charge in [0, 0.05) is 17.1 Å². The maximum atomic E-state index is 12.2. The second kappa shape index (κ2) is 7.72. The number of primary sulfonamides is 1. The summed E-state index contributed by atoms with van der Waals surface area (Å²) in [5.41, 5.74) is 0.466. The average molecular weight is 329 g/mol. The van der Waals surface area contributed by atoms with Crippen molar-refractivity contribution in [3.05, 3.63) is 28.8 Å². The number of hydrogen-bond donors (Lipinski definition) is 2. The Labute approximate surface area is 121 Å². The van der Waals surface area contributed by atoms with Crippen LogP contribution in [0.2, 0.25) is 5.02 Å². The summed E-state index contributed by atoms with van der Waals surface area (Å²) in [6, 6.07) is 4.31. The molecule has 0 aliphatic carbocycles. The molecular weight excluding hydrogens is 314 g/mol. The Balaban J connectivity index is 2.51. The smallest absolute Gasteiger partial charge is 0.387 e. The summed E-state index contributed by atoms with van der Waals surface area (Å²) < 4.78 is 50.2. The third kappa shape index (κ3) is 6.99. The topological polar surface area (TPSA) is 81.4 Å².